The zero-order chi connectivity index (χ0) is 18.6. The predicted octanol–water partition coefficient (Wildman–Crippen LogP) is 4.09. The van der Waals surface area contributed by atoms with Crippen LogP contribution >= 0.6 is 23.2 Å². The van der Waals surface area contributed by atoms with E-state index in [1.165, 1.54) is 0 Å². The normalized spacial score (nSPS) is 12.1. The van der Waals surface area contributed by atoms with Crippen molar-refractivity contribution in [3.63, 3.8) is 0 Å². The largest absolute Gasteiger partial charge is 0.378 e. The quantitative estimate of drug-likeness (QED) is 0.820. The van der Waals surface area contributed by atoms with Gasteiger partial charge in [-0.2, -0.15) is 0 Å². The Morgan fingerprint density at radius 2 is 1.64 bits per heavy atom. The second kappa shape index (κ2) is 8.56. The molecule has 4 nitrogen and oxygen atoms in total. The molecule has 25 heavy (non-hydrogen) atoms. The monoisotopic (exact) mass is 379 g/mol. The van der Waals surface area contributed by atoms with E-state index < -0.39 is 0 Å². The smallest absolute Gasteiger partial charge is 0.251 e. The summed E-state index contributed by atoms with van der Waals surface area (Å²) in [4.78, 5) is 16.5. The SMILES string of the molecule is CN(C)c1ccc(C(CNC(=O)c2ccc(Cl)c(Cl)c2)N(C)C)cc1. The highest BCUT2D eigenvalue weighted by atomic mass is 35.5. The molecule has 0 aliphatic carbocycles. The Balaban J connectivity index is 2.08. The average molecular weight is 380 g/mol. The van der Waals surface area contributed by atoms with Gasteiger partial charge in [0.05, 0.1) is 16.1 Å². The molecule has 0 spiro atoms. The number of anilines is 1. The standard InChI is InChI=1S/C19H23Cl2N3O/c1-23(2)15-8-5-13(6-9-15)18(24(3)4)12-22-19(25)14-7-10-16(20)17(21)11-14/h5-11,18H,12H2,1-4H3,(H,22,25). The van der Waals surface area contributed by atoms with Crippen molar-refractivity contribution in [2.75, 3.05) is 39.6 Å². The van der Waals surface area contributed by atoms with Crippen molar-refractivity contribution in [3.05, 3.63) is 63.6 Å². The molecule has 1 N–H and O–H groups in total. The van der Waals surface area contributed by atoms with Crippen LogP contribution in [0.25, 0.3) is 0 Å². The van der Waals surface area contributed by atoms with E-state index in [-0.39, 0.29) is 11.9 Å². The van der Waals surface area contributed by atoms with Crippen LogP contribution in [0, 0.1) is 0 Å². The Bertz CT molecular complexity index is 730. The maximum atomic E-state index is 12.4. The molecule has 0 aromatic heterocycles. The van der Waals surface area contributed by atoms with Gasteiger partial charge in [0.25, 0.3) is 5.91 Å². The van der Waals surface area contributed by atoms with Gasteiger partial charge in [-0.1, -0.05) is 35.3 Å². The highest BCUT2D eigenvalue weighted by Crippen LogP contribution is 2.23. The predicted molar refractivity (Wildman–Crippen MR) is 106 cm³/mol. The van der Waals surface area contributed by atoms with E-state index in [0.717, 1.165) is 11.3 Å². The molecular formula is C19H23Cl2N3O. The zero-order valence-corrected chi connectivity index (χ0v) is 16.4. The summed E-state index contributed by atoms with van der Waals surface area (Å²) < 4.78 is 0. The van der Waals surface area contributed by atoms with E-state index in [4.69, 9.17) is 23.2 Å². The summed E-state index contributed by atoms with van der Waals surface area (Å²) in [5.41, 5.74) is 2.78. The summed E-state index contributed by atoms with van der Waals surface area (Å²) in [6.07, 6.45) is 0. The molecule has 1 amide bonds. The number of halogens is 2. The molecule has 2 aromatic rings. The summed E-state index contributed by atoms with van der Waals surface area (Å²) in [6, 6.07) is 13.3. The fraction of sp³-hybridized carbons (Fsp3) is 0.316. The summed E-state index contributed by atoms with van der Waals surface area (Å²) in [7, 11) is 8.01. The average Bonchev–Trinajstić information content (AvgIpc) is 2.57. The third kappa shape index (κ3) is 5.11. The van der Waals surface area contributed by atoms with E-state index >= 15 is 0 Å². The van der Waals surface area contributed by atoms with Crippen molar-refractivity contribution in [3.8, 4) is 0 Å². The molecule has 1 unspecified atom stereocenters. The molecule has 1 atom stereocenters. The third-order valence-corrected chi connectivity index (χ3v) is 4.79. The van der Waals surface area contributed by atoms with E-state index in [1.54, 1.807) is 18.2 Å². The number of rotatable bonds is 6. The van der Waals surface area contributed by atoms with Crippen LogP contribution in [0.2, 0.25) is 10.0 Å². The molecule has 0 heterocycles. The first kappa shape index (κ1) is 19.6. The molecule has 2 rings (SSSR count). The van der Waals surface area contributed by atoms with Gasteiger partial charge in [-0.05, 0) is 50.0 Å². The Morgan fingerprint density at radius 3 is 2.16 bits per heavy atom. The van der Waals surface area contributed by atoms with Crippen LogP contribution in [-0.4, -0.2) is 45.5 Å². The number of nitrogens with one attached hydrogen (secondary N) is 1. The van der Waals surface area contributed by atoms with Crippen LogP contribution in [0.3, 0.4) is 0 Å². The Morgan fingerprint density at radius 1 is 1.00 bits per heavy atom. The lowest BCUT2D eigenvalue weighted by Crippen LogP contribution is -2.34. The lowest BCUT2D eigenvalue weighted by Gasteiger charge is -2.26. The molecule has 134 valence electrons. The van der Waals surface area contributed by atoms with Gasteiger partial charge in [0.2, 0.25) is 0 Å². The number of hydrogen-bond donors (Lipinski definition) is 1. The highest BCUT2D eigenvalue weighted by molar-refractivity contribution is 6.42. The van der Waals surface area contributed by atoms with Crippen LogP contribution in [-0.2, 0) is 0 Å². The minimum absolute atomic E-state index is 0.0722. The van der Waals surface area contributed by atoms with E-state index in [9.17, 15) is 4.79 Å². The van der Waals surface area contributed by atoms with Gasteiger partial charge in [0.1, 0.15) is 0 Å². The van der Waals surface area contributed by atoms with Gasteiger partial charge in [0, 0.05) is 31.9 Å². The fourth-order valence-electron chi connectivity index (χ4n) is 2.52. The van der Waals surface area contributed by atoms with Crippen molar-refractivity contribution in [1.29, 1.82) is 0 Å². The molecule has 0 aliphatic heterocycles. The molecule has 6 heteroatoms. The van der Waals surface area contributed by atoms with Crippen molar-refractivity contribution in [2.45, 2.75) is 6.04 Å². The van der Waals surface area contributed by atoms with E-state index in [2.05, 4.69) is 39.4 Å². The van der Waals surface area contributed by atoms with Crippen LogP contribution < -0.4 is 10.2 Å². The maximum absolute atomic E-state index is 12.4. The number of nitrogens with zero attached hydrogens (tertiary/aromatic N) is 2. The van der Waals surface area contributed by atoms with Gasteiger partial charge in [-0.15, -0.1) is 0 Å². The van der Waals surface area contributed by atoms with Crippen LogP contribution in [0.1, 0.15) is 22.0 Å². The van der Waals surface area contributed by atoms with E-state index in [0.29, 0.717) is 22.2 Å². The van der Waals surface area contributed by atoms with Crippen LogP contribution in [0.15, 0.2) is 42.5 Å². The maximum Gasteiger partial charge on any atom is 0.251 e. The molecule has 0 saturated carbocycles. The first-order valence-corrected chi connectivity index (χ1v) is 8.72. The lowest BCUT2D eigenvalue weighted by molar-refractivity contribution is 0.0942. The Labute approximate surface area is 159 Å². The summed E-state index contributed by atoms with van der Waals surface area (Å²) in [5.74, 6) is -0.171. The second-order valence-corrected chi connectivity index (χ2v) is 7.12. The first-order chi connectivity index (χ1) is 11.8. The van der Waals surface area contributed by atoms with Gasteiger partial charge in [-0.25, -0.2) is 0 Å². The molecule has 0 radical (unpaired) electrons. The van der Waals surface area contributed by atoms with Gasteiger partial charge in [0.15, 0.2) is 0 Å². The molecule has 0 bridgehead atoms. The second-order valence-electron chi connectivity index (χ2n) is 6.30. The van der Waals surface area contributed by atoms with Gasteiger partial charge in [-0.3, -0.25) is 4.79 Å². The fourth-order valence-corrected chi connectivity index (χ4v) is 2.82. The molecular weight excluding hydrogens is 357 g/mol. The minimum Gasteiger partial charge on any atom is -0.378 e. The van der Waals surface area contributed by atoms with Crippen LogP contribution in [0.4, 0.5) is 5.69 Å². The lowest BCUT2D eigenvalue weighted by atomic mass is 10.0. The van der Waals surface area contributed by atoms with Crippen molar-refractivity contribution in [2.24, 2.45) is 0 Å². The van der Waals surface area contributed by atoms with Crippen molar-refractivity contribution < 1.29 is 4.79 Å². The molecule has 0 saturated heterocycles. The minimum atomic E-state index is -0.171. The number of likely N-dealkylation sites (N-methyl/N-ethyl adjacent to an activating group) is 1. The number of amides is 1. The number of carbonyl (C=O) groups excluding carboxylic acids is 1. The molecule has 0 fully saturated rings. The number of carbonyl (C=O) groups is 1. The van der Waals surface area contributed by atoms with Gasteiger partial charge < -0.3 is 15.1 Å². The number of hydrogen-bond acceptors (Lipinski definition) is 3. The van der Waals surface area contributed by atoms with E-state index in [1.807, 2.05) is 28.2 Å². The molecule has 0 aliphatic rings. The summed E-state index contributed by atoms with van der Waals surface area (Å²) >= 11 is 11.9. The Hall–Kier alpha value is -1.75. The zero-order valence-electron chi connectivity index (χ0n) is 14.9. The van der Waals surface area contributed by atoms with Crippen molar-refractivity contribution in [1.82, 2.24) is 10.2 Å². The number of benzene rings is 2. The third-order valence-electron chi connectivity index (χ3n) is 4.06. The first-order valence-electron chi connectivity index (χ1n) is 7.96. The van der Waals surface area contributed by atoms with Crippen molar-refractivity contribution >= 4 is 34.8 Å². The highest BCUT2D eigenvalue weighted by Gasteiger charge is 2.16. The summed E-state index contributed by atoms with van der Waals surface area (Å²) in [5, 5.41) is 3.78. The van der Waals surface area contributed by atoms with Crippen LogP contribution in [0.5, 0.6) is 0 Å². The topological polar surface area (TPSA) is 35.6 Å². The van der Waals surface area contributed by atoms with Gasteiger partial charge >= 0.3 is 0 Å². The Kier molecular flexibility index (Phi) is 6.71. The summed E-state index contributed by atoms with van der Waals surface area (Å²) in [6.45, 7) is 0.493. The molecule has 2 aromatic carbocycles.